The van der Waals surface area contributed by atoms with Gasteiger partial charge in [-0.25, -0.2) is 0 Å². The molecular formula is C23H29N3O2. The van der Waals surface area contributed by atoms with Crippen molar-refractivity contribution in [2.24, 2.45) is 15.7 Å². The normalized spacial score (nSPS) is 18.2. The lowest BCUT2D eigenvalue weighted by Crippen LogP contribution is -1.98. The van der Waals surface area contributed by atoms with Crippen LogP contribution in [0.15, 0.2) is 76.8 Å². The fourth-order valence-corrected chi connectivity index (χ4v) is 2.44. The average Bonchev–Trinajstić information content (AvgIpc) is 3.39. The van der Waals surface area contributed by atoms with E-state index in [4.69, 9.17) is 15.2 Å². The zero-order valence-electron chi connectivity index (χ0n) is 16.9. The van der Waals surface area contributed by atoms with Gasteiger partial charge in [0, 0.05) is 31.1 Å². The van der Waals surface area contributed by atoms with Crippen molar-refractivity contribution in [1.29, 1.82) is 0 Å². The molecular weight excluding hydrogens is 350 g/mol. The molecule has 1 atom stereocenters. The molecule has 0 amide bonds. The molecule has 0 radical (unpaired) electrons. The van der Waals surface area contributed by atoms with Crippen LogP contribution < -0.4 is 5.73 Å². The molecule has 1 aromatic rings. The third-order valence-corrected chi connectivity index (χ3v) is 4.13. The van der Waals surface area contributed by atoms with E-state index in [0.717, 1.165) is 40.2 Å². The number of hydrogen-bond acceptors (Lipinski definition) is 5. The van der Waals surface area contributed by atoms with Crippen molar-refractivity contribution in [1.82, 2.24) is 0 Å². The van der Waals surface area contributed by atoms with E-state index in [2.05, 4.69) is 16.6 Å². The molecule has 1 saturated carbocycles. The van der Waals surface area contributed by atoms with Crippen molar-refractivity contribution < 1.29 is 9.47 Å². The van der Waals surface area contributed by atoms with Crippen molar-refractivity contribution in [3.05, 3.63) is 77.9 Å². The van der Waals surface area contributed by atoms with Crippen LogP contribution in [0.1, 0.15) is 31.4 Å². The Morgan fingerprint density at radius 2 is 2.04 bits per heavy atom. The van der Waals surface area contributed by atoms with Gasteiger partial charge >= 0.3 is 0 Å². The number of ether oxygens (including phenoxy) is 2. The highest BCUT2D eigenvalue weighted by Crippen LogP contribution is 2.31. The first-order valence-corrected chi connectivity index (χ1v) is 9.35. The standard InChI is InChI=1S/C23H29N3O2/c1-5-27-11-10-22(26-23-12-17(23)2)13-18(3)28-16-19-6-8-20(9-7-19)21(14-24)15-25-4/h6-11,13-15,23H,2,5,12,16,24H2,1,3-4H3/b11-10+,18-13+,21-14+,25-15?,26-22?. The number of nitrogens with two attached hydrogens (primary N) is 1. The lowest BCUT2D eigenvalue weighted by Gasteiger charge is -2.08. The van der Waals surface area contributed by atoms with Crippen molar-refractivity contribution in [2.45, 2.75) is 32.9 Å². The molecule has 2 rings (SSSR count). The first-order valence-electron chi connectivity index (χ1n) is 9.35. The number of allylic oxidation sites excluding steroid dienone is 4. The van der Waals surface area contributed by atoms with Crippen LogP contribution in [-0.2, 0) is 16.1 Å². The van der Waals surface area contributed by atoms with Crippen molar-refractivity contribution in [2.75, 3.05) is 13.7 Å². The van der Waals surface area contributed by atoms with Crippen LogP contribution in [0.4, 0.5) is 0 Å². The minimum atomic E-state index is 0.217. The molecule has 0 saturated heterocycles. The molecule has 0 aromatic heterocycles. The van der Waals surface area contributed by atoms with E-state index in [1.165, 1.54) is 0 Å². The summed E-state index contributed by atoms with van der Waals surface area (Å²) in [5.41, 5.74) is 10.6. The summed E-state index contributed by atoms with van der Waals surface area (Å²) in [7, 11) is 1.72. The SMILES string of the molecule is C=C1CC1N=C(/C=C/OCC)/C=C(\C)OCc1ccc(/C(C=NC)=C/N)cc1. The Morgan fingerprint density at radius 3 is 2.61 bits per heavy atom. The predicted molar refractivity (Wildman–Crippen MR) is 117 cm³/mol. The molecule has 0 spiro atoms. The molecule has 1 aliphatic carbocycles. The maximum atomic E-state index is 5.89. The Balaban J connectivity index is 1.99. The molecule has 0 heterocycles. The summed E-state index contributed by atoms with van der Waals surface area (Å²) in [6, 6.07) is 8.28. The fourth-order valence-electron chi connectivity index (χ4n) is 2.44. The maximum absolute atomic E-state index is 5.89. The Hall–Kier alpha value is -3.08. The molecule has 5 nitrogen and oxygen atoms in total. The van der Waals surface area contributed by atoms with E-state index < -0.39 is 0 Å². The fraction of sp³-hybridized carbons (Fsp3) is 0.304. The second-order valence-electron chi connectivity index (χ2n) is 6.44. The van der Waals surface area contributed by atoms with Crippen LogP contribution >= 0.6 is 0 Å². The highest BCUT2D eigenvalue weighted by Gasteiger charge is 2.26. The summed E-state index contributed by atoms with van der Waals surface area (Å²) in [4.78, 5) is 8.67. The van der Waals surface area contributed by atoms with Gasteiger partial charge in [-0.2, -0.15) is 0 Å². The summed E-state index contributed by atoms with van der Waals surface area (Å²) in [5.74, 6) is 0.788. The zero-order chi connectivity index (χ0) is 20.4. The maximum Gasteiger partial charge on any atom is 0.113 e. The van der Waals surface area contributed by atoms with E-state index in [-0.39, 0.29) is 6.04 Å². The molecule has 1 aromatic carbocycles. The number of benzene rings is 1. The monoisotopic (exact) mass is 379 g/mol. The van der Waals surface area contributed by atoms with Gasteiger partial charge in [-0.15, -0.1) is 0 Å². The summed E-state index contributed by atoms with van der Waals surface area (Å²) in [6.45, 7) is 8.93. The number of nitrogens with zero attached hydrogens (tertiary/aromatic N) is 2. The quantitative estimate of drug-likeness (QED) is 0.371. The van der Waals surface area contributed by atoms with E-state index in [1.54, 1.807) is 25.7 Å². The second kappa shape index (κ2) is 10.9. The molecule has 0 aliphatic heterocycles. The highest BCUT2D eigenvalue weighted by atomic mass is 16.5. The van der Waals surface area contributed by atoms with Gasteiger partial charge in [-0.3, -0.25) is 9.98 Å². The average molecular weight is 380 g/mol. The van der Waals surface area contributed by atoms with Gasteiger partial charge in [0.2, 0.25) is 0 Å². The van der Waals surface area contributed by atoms with Crippen LogP contribution in [0.5, 0.6) is 0 Å². The first-order chi connectivity index (χ1) is 13.6. The van der Waals surface area contributed by atoms with Gasteiger partial charge in [0.1, 0.15) is 6.61 Å². The largest absolute Gasteiger partial charge is 0.501 e. The summed E-state index contributed by atoms with van der Waals surface area (Å²) >= 11 is 0. The molecule has 148 valence electrons. The minimum absolute atomic E-state index is 0.217. The van der Waals surface area contributed by atoms with Crippen LogP contribution in [0.2, 0.25) is 0 Å². The third-order valence-electron chi connectivity index (χ3n) is 4.13. The Kier molecular flexibility index (Phi) is 8.28. The minimum Gasteiger partial charge on any atom is -0.501 e. The van der Waals surface area contributed by atoms with Crippen molar-refractivity contribution in [3.63, 3.8) is 0 Å². The van der Waals surface area contributed by atoms with Crippen LogP contribution in [0, 0.1) is 0 Å². The van der Waals surface area contributed by atoms with Crippen LogP contribution in [0.3, 0.4) is 0 Å². The lowest BCUT2D eigenvalue weighted by atomic mass is 10.1. The Bertz CT molecular complexity index is 815. The second-order valence-corrected chi connectivity index (χ2v) is 6.44. The Labute approximate surface area is 167 Å². The van der Waals surface area contributed by atoms with Crippen LogP contribution in [-0.4, -0.2) is 31.6 Å². The van der Waals surface area contributed by atoms with Crippen LogP contribution in [0.25, 0.3) is 5.57 Å². The first kappa shape index (κ1) is 21.2. The van der Waals surface area contributed by atoms with Gasteiger partial charge < -0.3 is 15.2 Å². The number of hydrogen-bond donors (Lipinski definition) is 1. The highest BCUT2D eigenvalue weighted by molar-refractivity contribution is 6.09. The summed E-state index contributed by atoms with van der Waals surface area (Å²) in [5, 5.41) is 0. The van der Waals surface area contributed by atoms with E-state index in [0.29, 0.717) is 13.2 Å². The molecule has 1 fully saturated rings. The van der Waals surface area contributed by atoms with Gasteiger partial charge in [-0.05, 0) is 37.5 Å². The third kappa shape index (κ3) is 6.91. The van der Waals surface area contributed by atoms with Gasteiger partial charge in [0.05, 0.1) is 30.4 Å². The van der Waals surface area contributed by atoms with Crippen molar-refractivity contribution >= 4 is 17.5 Å². The smallest absolute Gasteiger partial charge is 0.113 e. The number of rotatable bonds is 10. The molecule has 2 N–H and O–H groups in total. The molecule has 1 unspecified atom stereocenters. The van der Waals surface area contributed by atoms with Gasteiger partial charge in [0.25, 0.3) is 0 Å². The van der Waals surface area contributed by atoms with E-state index in [9.17, 15) is 0 Å². The van der Waals surface area contributed by atoms with Gasteiger partial charge in [0.15, 0.2) is 0 Å². The Morgan fingerprint density at radius 1 is 1.32 bits per heavy atom. The summed E-state index contributed by atoms with van der Waals surface area (Å²) < 4.78 is 11.2. The van der Waals surface area contributed by atoms with Gasteiger partial charge in [-0.1, -0.05) is 36.4 Å². The molecule has 28 heavy (non-hydrogen) atoms. The molecule has 0 bridgehead atoms. The van der Waals surface area contributed by atoms with E-state index >= 15 is 0 Å². The predicted octanol–water partition coefficient (Wildman–Crippen LogP) is 4.43. The number of aliphatic imine (C=N–C) groups is 2. The molecule has 5 heteroatoms. The lowest BCUT2D eigenvalue weighted by molar-refractivity contribution is 0.201. The topological polar surface area (TPSA) is 69.2 Å². The van der Waals surface area contributed by atoms with Crippen molar-refractivity contribution in [3.8, 4) is 0 Å². The zero-order valence-corrected chi connectivity index (χ0v) is 16.9. The van der Waals surface area contributed by atoms with E-state index in [1.807, 2.05) is 50.3 Å². The molecule has 1 aliphatic rings. The summed E-state index contributed by atoms with van der Waals surface area (Å²) in [6.07, 6.45) is 9.68.